The van der Waals surface area contributed by atoms with E-state index in [2.05, 4.69) is 0 Å². The van der Waals surface area contributed by atoms with Crippen LogP contribution in [0.5, 0.6) is 5.75 Å². The Morgan fingerprint density at radius 1 is 1.50 bits per heavy atom. The average molecular weight is 254 g/mol. The number of rotatable bonds is 5. The molecule has 1 aromatic rings. The molecule has 18 heavy (non-hydrogen) atoms. The summed E-state index contributed by atoms with van der Waals surface area (Å²) in [7, 11) is 0. The van der Waals surface area contributed by atoms with E-state index in [-0.39, 0.29) is 0 Å². The maximum atomic E-state index is 10.9. The predicted molar refractivity (Wildman–Crippen MR) is 59.3 cm³/mol. The monoisotopic (exact) mass is 254 g/mol. The number of nitro benzene ring substituents is 1. The van der Waals surface area contributed by atoms with Crippen molar-refractivity contribution in [1.82, 2.24) is 0 Å². The van der Waals surface area contributed by atoms with E-state index >= 15 is 0 Å². The number of carboxylic acids is 1. The van der Waals surface area contributed by atoms with Crippen molar-refractivity contribution < 1.29 is 24.4 Å². The summed E-state index contributed by atoms with van der Waals surface area (Å²) < 4.78 is 4.96. The molecule has 1 rings (SSSR count). The molecule has 0 fully saturated rings. The SMILES string of the molecule is CC(Oc1c(C(=O)O)cccc1[N+](=O)[O-])C(N)=O. The van der Waals surface area contributed by atoms with Gasteiger partial charge in [-0.3, -0.25) is 14.9 Å². The van der Waals surface area contributed by atoms with E-state index in [1.165, 1.54) is 13.0 Å². The Hall–Kier alpha value is -2.64. The molecule has 3 N–H and O–H groups in total. The van der Waals surface area contributed by atoms with Crippen molar-refractivity contribution in [3.8, 4) is 5.75 Å². The highest BCUT2D eigenvalue weighted by atomic mass is 16.6. The summed E-state index contributed by atoms with van der Waals surface area (Å²) in [6.07, 6.45) is -1.18. The number of ether oxygens (including phenoxy) is 1. The van der Waals surface area contributed by atoms with Crippen molar-refractivity contribution in [2.45, 2.75) is 13.0 Å². The lowest BCUT2D eigenvalue weighted by Gasteiger charge is -2.13. The Morgan fingerprint density at radius 2 is 2.11 bits per heavy atom. The van der Waals surface area contributed by atoms with Gasteiger partial charge in [-0.15, -0.1) is 0 Å². The number of aromatic carboxylic acids is 1. The number of para-hydroxylation sites is 1. The minimum Gasteiger partial charge on any atom is -0.478 e. The van der Waals surface area contributed by atoms with Crippen LogP contribution in [0.1, 0.15) is 17.3 Å². The van der Waals surface area contributed by atoms with Crippen molar-refractivity contribution in [1.29, 1.82) is 0 Å². The zero-order valence-electron chi connectivity index (χ0n) is 9.32. The zero-order chi connectivity index (χ0) is 13.9. The van der Waals surface area contributed by atoms with Crippen LogP contribution in [0.25, 0.3) is 0 Å². The maximum absolute atomic E-state index is 10.9. The second-order valence-corrected chi connectivity index (χ2v) is 3.38. The Morgan fingerprint density at radius 3 is 2.56 bits per heavy atom. The quantitative estimate of drug-likeness (QED) is 0.582. The van der Waals surface area contributed by atoms with Gasteiger partial charge in [0, 0.05) is 6.07 Å². The highest BCUT2D eigenvalue weighted by molar-refractivity contribution is 5.93. The van der Waals surface area contributed by atoms with Crippen molar-refractivity contribution in [3.63, 3.8) is 0 Å². The van der Waals surface area contributed by atoms with Crippen LogP contribution < -0.4 is 10.5 Å². The highest BCUT2D eigenvalue weighted by Gasteiger charge is 2.25. The largest absolute Gasteiger partial charge is 0.478 e. The molecule has 0 radical (unpaired) electrons. The van der Waals surface area contributed by atoms with E-state index in [4.69, 9.17) is 15.6 Å². The molecule has 0 bridgehead atoms. The van der Waals surface area contributed by atoms with Gasteiger partial charge in [0.2, 0.25) is 5.75 Å². The first-order valence-corrected chi connectivity index (χ1v) is 4.81. The molecule has 96 valence electrons. The third kappa shape index (κ3) is 2.73. The summed E-state index contributed by atoms with van der Waals surface area (Å²) in [6.45, 7) is 1.27. The molecule has 0 aromatic heterocycles. The smallest absolute Gasteiger partial charge is 0.339 e. The molecule has 0 aliphatic carbocycles. The number of nitrogens with two attached hydrogens (primary N) is 1. The van der Waals surface area contributed by atoms with Gasteiger partial charge >= 0.3 is 11.7 Å². The van der Waals surface area contributed by atoms with Gasteiger partial charge in [0.15, 0.2) is 6.10 Å². The molecule has 0 saturated heterocycles. The number of benzene rings is 1. The Kier molecular flexibility index (Phi) is 3.82. The minimum absolute atomic E-state index is 0.405. The van der Waals surface area contributed by atoms with Crippen LogP contribution in [0.15, 0.2) is 18.2 Å². The lowest BCUT2D eigenvalue weighted by molar-refractivity contribution is -0.386. The van der Waals surface area contributed by atoms with Gasteiger partial charge in [0.1, 0.15) is 5.56 Å². The van der Waals surface area contributed by atoms with Gasteiger partial charge in [-0.1, -0.05) is 6.07 Å². The molecule has 8 nitrogen and oxygen atoms in total. The summed E-state index contributed by atoms with van der Waals surface area (Å²) in [5.74, 6) is -2.74. The average Bonchev–Trinajstić information content (AvgIpc) is 2.28. The molecule has 0 aliphatic heterocycles. The first-order valence-electron chi connectivity index (χ1n) is 4.81. The van der Waals surface area contributed by atoms with E-state index < -0.39 is 39.9 Å². The first-order chi connectivity index (χ1) is 8.34. The number of carboxylic acid groups (broad SMARTS) is 1. The predicted octanol–water partition coefficient (Wildman–Crippen LogP) is 0.546. The molecule has 0 heterocycles. The van der Waals surface area contributed by atoms with E-state index in [0.29, 0.717) is 0 Å². The molecular weight excluding hydrogens is 244 g/mol. The Balaban J connectivity index is 3.31. The number of carbonyl (C=O) groups excluding carboxylic acids is 1. The van der Waals surface area contributed by atoms with Gasteiger partial charge in [-0.05, 0) is 13.0 Å². The van der Waals surface area contributed by atoms with Crippen LogP contribution in [-0.2, 0) is 4.79 Å². The van der Waals surface area contributed by atoms with Gasteiger partial charge in [0.25, 0.3) is 5.91 Å². The second kappa shape index (κ2) is 5.13. The first kappa shape index (κ1) is 13.4. The fraction of sp³-hybridized carbons (Fsp3) is 0.200. The number of primary amides is 1. The number of hydrogen-bond donors (Lipinski definition) is 2. The van der Waals surface area contributed by atoms with Gasteiger partial charge in [0.05, 0.1) is 4.92 Å². The van der Waals surface area contributed by atoms with E-state index in [1.807, 2.05) is 0 Å². The van der Waals surface area contributed by atoms with Gasteiger partial charge < -0.3 is 15.6 Å². The van der Waals surface area contributed by atoms with Crippen LogP contribution in [0.3, 0.4) is 0 Å². The molecule has 0 saturated carbocycles. The summed E-state index contributed by atoms with van der Waals surface area (Å²) in [5.41, 5.74) is 4.01. The highest BCUT2D eigenvalue weighted by Crippen LogP contribution is 2.31. The van der Waals surface area contributed by atoms with E-state index in [0.717, 1.165) is 12.1 Å². The number of amides is 1. The number of nitrogens with zero attached hydrogens (tertiary/aromatic N) is 1. The summed E-state index contributed by atoms with van der Waals surface area (Å²) in [6, 6.07) is 3.43. The lowest BCUT2D eigenvalue weighted by atomic mass is 10.1. The normalized spacial score (nSPS) is 11.6. The van der Waals surface area contributed by atoms with Gasteiger partial charge in [-0.2, -0.15) is 0 Å². The van der Waals surface area contributed by atoms with Crippen molar-refractivity contribution in [2.75, 3.05) is 0 Å². The maximum Gasteiger partial charge on any atom is 0.339 e. The van der Waals surface area contributed by atoms with Crippen LogP contribution >= 0.6 is 0 Å². The second-order valence-electron chi connectivity index (χ2n) is 3.38. The number of carbonyl (C=O) groups is 2. The van der Waals surface area contributed by atoms with Crippen LogP contribution in [0.2, 0.25) is 0 Å². The van der Waals surface area contributed by atoms with E-state index in [9.17, 15) is 19.7 Å². The molecule has 8 heteroatoms. The third-order valence-corrected chi connectivity index (χ3v) is 2.12. The Labute approximate surface area is 101 Å². The molecule has 1 unspecified atom stereocenters. The Bertz CT molecular complexity index is 481. The molecule has 1 atom stereocenters. The van der Waals surface area contributed by atoms with Crippen molar-refractivity contribution in [3.05, 3.63) is 33.9 Å². The minimum atomic E-state index is -1.40. The van der Waals surface area contributed by atoms with Crippen molar-refractivity contribution >= 4 is 17.6 Å². The van der Waals surface area contributed by atoms with Gasteiger partial charge in [-0.25, -0.2) is 4.79 Å². The summed E-state index contributed by atoms with van der Waals surface area (Å²) >= 11 is 0. The third-order valence-electron chi connectivity index (χ3n) is 2.12. The molecule has 1 aromatic carbocycles. The standard InChI is InChI=1S/C10H10N2O6/c1-5(9(11)13)18-8-6(10(14)15)3-2-4-7(8)12(16)17/h2-5H,1H3,(H2,11,13)(H,14,15). The zero-order valence-corrected chi connectivity index (χ0v) is 9.32. The lowest BCUT2D eigenvalue weighted by Crippen LogP contribution is -2.31. The molecule has 0 spiro atoms. The fourth-order valence-electron chi connectivity index (χ4n) is 1.20. The van der Waals surface area contributed by atoms with Crippen molar-refractivity contribution in [2.24, 2.45) is 5.73 Å². The summed E-state index contributed by atoms with van der Waals surface area (Å²) in [5, 5.41) is 19.7. The molecule has 1 amide bonds. The molecular formula is C10H10N2O6. The molecule has 0 aliphatic rings. The van der Waals surface area contributed by atoms with E-state index in [1.54, 1.807) is 0 Å². The topological polar surface area (TPSA) is 133 Å². The summed E-state index contributed by atoms with van der Waals surface area (Å²) in [4.78, 5) is 31.7. The van der Waals surface area contributed by atoms with Crippen LogP contribution in [-0.4, -0.2) is 28.0 Å². The number of nitro groups is 1. The van der Waals surface area contributed by atoms with Crippen LogP contribution in [0.4, 0.5) is 5.69 Å². The number of hydrogen-bond acceptors (Lipinski definition) is 5. The fourth-order valence-corrected chi connectivity index (χ4v) is 1.20. The van der Waals surface area contributed by atoms with Crippen LogP contribution in [0, 0.1) is 10.1 Å².